The molecule has 1 saturated carbocycles. The number of ether oxygens (including phenoxy) is 1. The van der Waals surface area contributed by atoms with Gasteiger partial charge in [0, 0.05) is 4.47 Å². The zero-order valence-corrected chi connectivity index (χ0v) is 11.5. The van der Waals surface area contributed by atoms with E-state index in [-0.39, 0.29) is 12.6 Å². The van der Waals surface area contributed by atoms with Crippen molar-refractivity contribution in [2.75, 3.05) is 6.61 Å². The SMILES string of the molecule is Brc1ccccc1.NC1=NC(C2CC2)C(F)OC1. The fourth-order valence-electron chi connectivity index (χ4n) is 1.72. The predicted molar refractivity (Wildman–Crippen MR) is 73.1 cm³/mol. The van der Waals surface area contributed by atoms with Crippen molar-refractivity contribution in [1.82, 2.24) is 0 Å². The molecule has 0 radical (unpaired) electrons. The number of amidine groups is 1. The van der Waals surface area contributed by atoms with E-state index in [1.165, 1.54) is 0 Å². The zero-order chi connectivity index (χ0) is 13.0. The Hall–Kier alpha value is -0.940. The Morgan fingerprint density at radius 2 is 1.94 bits per heavy atom. The minimum absolute atomic E-state index is 0.143. The highest BCUT2D eigenvalue weighted by Gasteiger charge is 2.39. The van der Waals surface area contributed by atoms with Gasteiger partial charge in [0.1, 0.15) is 18.5 Å². The number of alkyl halides is 1. The fraction of sp³-hybridized carbons (Fsp3) is 0.462. The number of halogens is 2. The largest absolute Gasteiger partial charge is 0.386 e. The standard InChI is InChI=1S/C7H11FN2O.C6H5Br/c8-7-6(4-1-2-4)10-5(9)3-11-7;7-6-4-2-1-3-5-6/h4,6-7H,1-3H2,(H2,9,10);1-5H. The molecule has 2 aliphatic rings. The van der Waals surface area contributed by atoms with E-state index in [1.54, 1.807) is 0 Å². The summed E-state index contributed by atoms with van der Waals surface area (Å²) in [5, 5.41) is 0. The molecule has 3 rings (SSSR count). The molecule has 1 aliphatic carbocycles. The van der Waals surface area contributed by atoms with Crippen LogP contribution in [0.1, 0.15) is 12.8 Å². The first-order chi connectivity index (χ1) is 8.66. The Morgan fingerprint density at radius 1 is 1.28 bits per heavy atom. The van der Waals surface area contributed by atoms with Crippen LogP contribution in [0.2, 0.25) is 0 Å². The molecule has 18 heavy (non-hydrogen) atoms. The van der Waals surface area contributed by atoms with Gasteiger partial charge >= 0.3 is 0 Å². The molecular formula is C13H16BrFN2O. The first-order valence-corrected chi connectivity index (χ1v) is 6.74. The van der Waals surface area contributed by atoms with Gasteiger partial charge in [-0.05, 0) is 30.9 Å². The van der Waals surface area contributed by atoms with E-state index in [2.05, 4.69) is 20.9 Å². The van der Waals surface area contributed by atoms with Crippen LogP contribution in [0.15, 0.2) is 39.8 Å². The van der Waals surface area contributed by atoms with E-state index in [0.29, 0.717) is 11.8 Å². The van der Waals surface area contributed by atoms with E-state index in [9.17, 15) is 4.39 Å². The second kappa shape index (κ2) is 6.29. The van der Waals surface area contributed by atoms with Crippen LogP contribution in [-0.2, 0) is 4.74 Å². The summed E-state index contributed by atoms with van der Waals surface area (Å²) in [5.74, 6) is 0.805. The Morgan fingerprint density at radius 3 is 2.44 bits per heavy atom. The van der Waals surface area contributed by atoms with Gasteiger partial charge in [0.05, 0.1) is 0 Å². The molecule has 3 nitrogen and oxygen atoms in total. The van der Waals surface area contributed by atoms with E-state index >= 15 is 0 Å². The van der Waals surface area contributed by atoms with Gasteiger partial charge in [-0.25, -0.2) is 4.39 Å². The molecule has 98 valence electrons. The summed E-state index contributed by atoms with van der Waals surface area (Å²) in [5.41, 5.74) is 5.41. The van der Waals surface area contributed by atoms with Crippen molar-refractivity contribution in [2.24, 2.45) is 16.6 Å². The molecule has 0 aromatic heterocycles. The summed E-state index contributed by atoms with van der Waals surface area (Å²) in [6.07, 6.45) is 0.894. The summed E-state index contributed by atoms with van der Waals surface area (Å²) in [7, 11) is 0. The molecule has 0 saturated heterocycles. The van der Waals surface area contributed by atoms with Crippen LogP contribution in [0.4, 0.5) is 4.39 Å². The lowest BCUT2D eigenvalue weighted by Gasteiger charge is -2.22. The maximum Gasteiger partial charge on any atom is 0.222 e. The van der Waals surface area contributed by atoms with Crippen molar-refractivity contribution in [1.29, 1.82) is 0 Å². The van der Waals surface area contributed by atoms with E-state index in [4.69, 9.17) is 10.5 Å². The number of hydrogen-bond donors (Lipinski definition) is 1. The number of aliphatic imine (C=N–C) groups is 1. The maximum atomic E-state index is 12.9. The van der Waals surface area contributed by atoms with Gasteiger partial charge in [0.2, 0.25) is 6.36 Å². The molecule has 1 fully saturated rings. The van der Waals surface area contributed by atoms with Crippen molar-refractivity contribution in [3.05, 3.63) is 34.8 Å². The van der Waals surface area contributed by atoms with Crippen LogP contribution in [0.25, 0.3) is 0 Å². The minimum atomic E-state index is -1.23. The third kappa shape index (κ3) is 4.07. The Kier molecular flexibility index (Phi) is 4.72. The van der Waals surface area contributed by atoms with Crippen molar-refractivity contribution >= 4 is 21.8 Å². The van der Waals surface area contributed by atoms with Crippen LogP contribution in [-0.4, -0.2) is 24.8 Å². The summed E-state index contributed by atoms with van der Waals surface area (Å²) >= 11 is 3.31. The van der Waals surface area contributed by atoms with Crippen molar-refractivity contribution in [3.63, 3.8) is 0 Å². The van der Waals surface area contributed by atoms with Crippen LogP contribution in [0, 0.1) is 5.92 Å². The van der Waals surface area contributed by atoms with Gasteiger partial charge in [0.25, 0.3) is 0 Å². The molecule has 0 amide bonds. The predicted octanol–water partition coefficient (Wildman–Crippen LogP) is 2.90. The van der Waals surface area contributed by atoms with Crippen LogP contribution in [0.5, 0.6) is 0 Å². The van der Waals surface area contributed by atoms with Gasteiger partial charge in [0.15, 0.2) is 0 Å². The molecule has 2 N–H and O–H groups in total. The van der Waals surface area contributed by atoms with Crippen molar-refractivity contribution in [2.45, 2.75) is 25.2 Å². The summed E-state index contributed by atoms with van der Waals surface area (Å²) in [6.45, 7) is 0.143. The van der Waals surface area contributed by atoms with E-state index in [1.807, 2.05) is 30.3 Å². The summed E-state index contributed by atoms with van der Waals surface area (Å²) in [4.78, 5) is 4.02. The zero-order valence-electron chi connectivity index (χ0n) is 9.93. The van der Waals surface area contributed by atoms with Gasteiger partial charge in [-0.1, -0.05) is 34.1 Å². The molecule has 1 heterocycles. The molecule has 1 aromatic carbocycles. The second-order valence-electron chi connectivity index (χ2n) is 4.41. The number of hydrogen-bond acceptors (Lipinski definition) is 3. The van der Waals surface area contributed by atoms with E-state index < -0.39 is 6.36 Å². The Bertz CT molecular complexity index is 409. The Labute approximate surface area is 114 Å². The summed E-state index contributed by atoms with van der Waals surface area (Å²) in [6, 6.07) is 9.66. The number of benzene rings is 1. The van der Waals surface area contributed by atoms with Crippen molar-refractivity contribution < 1.29 is 9.13 Å². The van der Waals surface area contributed by atoms with Gasteiger partial charge < -0.3 is 10.5 Å². The first kappa shape index (κ1) is 13.5. The third-order valence-electron chi connectivity index (χ3n) is 2.81. The lowest BCUT2D eigenvalue weighted by molar-refractivity contribution is -0.0497. The highest BCUT2D eigenvalue weighted by molar-refractivity contribution is 9.10. The van der Waals surface area contributed by atoms with Crippen LogP contribution < -0.4 is 5.73 Å². The lowest BCUT2D eigenvalue weighted by Crippen LogP contribution is -2.37. The van der Waals surface area contributed by atoms with Gasteiger partial charge in [-0.15, -0.1) is 0 Å². The molecule has 5 heteroatoms. The maximum absolute atomic E-state index is 12.9. The number of nitrogens with zero attached hydrogens (tertiary/aromatic N) is 1. The highest BCUT2D eigenvalue weighted by Crippen LogP contribution is 2.37. The van der Waals surface area contributed by atoms with Gasteiger partial charge in [-0.2, -0.15) is 0 Å². The molecule has 0 spiro atoms. The summed E-state index contributed by atoms with van der Waals surface area (Å²) < 4.78 is 18.8. The van der Waals surface area contributed by atoms with Gasteiger partial charge in [-0.3, -0.25) is 4.99 Å². The minimum Gasteiger partial charge on any atom is -0.386 e. The third-order valence-corrected chi connectivity index (χ3v) is 3.34. The molecule has 0 bridgehead atoms. The fourth-order valence-corrected chi connectivity index (χ4v) is 2.03. The first-order valence-electron chi connectivity index (χ1n) is 5.95. The van der Waals surface area contributed by atoms with Crippen LogP contribution >= 0.6 is 15.9 Å². The topological polar surface area (TPSA) is 47.6 Å². The molecule has 2 atom stereocenters. The smallest absolute Gasteiger partial charge is 0.222 e. The van der Waals surface area contributed by atoms with Crippen LogP contribution in [0.3, 0.4) is 0 Å². The molecule has 2 unspecified atom stereocenters. The highest BCUT2D eigenvalue weighted by atomic mass is 79.9. The molecule has 1 aliphatic heterocycles. The monoisotopic (exact) mass is 314 g/mol. The number of nitrogens with two attached hydrogens (primary N) is 1. The quantitative estimate of drug-likeness (QED) is 0.866. The van der Waals surface area contributed by atoms with E-state index in [0.717, 1.165) is 17.3 Å². The van der Waals surface area contributed by atoms with Crippen molar-refractivity contribution in [3.8, 4) is 0 Å². The lowest BCUT2D eigenvalue weighted by atomic mass is 10.2. The number of rotatable bonds is 1. The molecular weight excluding hydrogens is 299 g/mol. The second-order valence-corrected chi connectivity index (χ2v) is 5.32. The molecule has 1 aromatic rings. The Balaban J connectivity index is 0.000000149. The normalized spacial score (nSPS) is 26.9. The average Bonchev–Trinajstić information content (AvgIpc) is 3.18. The average molecular weight is 315 g/mol.